The van der Waals surface area contributed by atoms with Gasteiger partial charge in [-0.25, -0.2) is 0 Å². The quantitative estimate of drug-likeness (QED) is 0.888. The number of carbonyl (C=O) groups is 2. The normalized spacial score (nSPS) is 15.1. The molecule has 0 atom stereocenters. The van der Waals surface area contributed by atoms with Gasteiger partial charge in [0, 0.05) is 5.92 Å². The van der Waals surface area contributed by atoms with E-state index in [0.29, 0.717) is 0 Å². The molecule has 0 saturated heterocycles. The zero-order valence-electron chi connectivity index (χ0n) is 11.5. The average molecular weight is 335 g/mol. The van der Waals surface area contributed by atoms with Crippen LogP contribution >= 0.6 is 11.6 Å². The molecule has 1 aromatic carbocycles. The average Bonchev–Trinajstić information content (AvgIpc) is 2.35. The first-order chi connectivity index (χ1) is 10.3. The fraction of sp³-hybridized carbons (Fsp3) is 0.429. The van der Waals surface area contributed by atoms with Crippen LogP contribution in [0.1, 0.15) is 24.8 Å². The first-order valence-corrected chi connectivity index (χ1v) is 7.09. The Labute approximate surface area is 130 Å². The van der Waals surface area contributed by atoms with E-state index in [-0.39, 0.29) is 29.1 Å². The Morgan fingerprint density at radius 1 is 1.27 bits per heavy atom. The van der Waals surface area contributed by atoms with E-state index in [1.807, 2.05) is 0 Å². The van der Waals surface area contributed by atoms with Crippen LogP contribution in [0.25, 0.3) is 0 Å². The maximum absolute atomic E-state index is 12.6. The van der Waals surface area contributed by atoms with Crippen molar-refractivity contribution in [3.8, 4) is 0 Å². The van der Waals surface area contributed by atoms with E-state index in [1.165, 1.54) is 0 Å². The fourth-order valence-electron chi connectivity index (χ4n) is 1.97. The molecule has 22 heavy (non-hydrogen) atoms. The summed E-state index contributed by atoms with van der Waals surface area (Å²) in [6.45, 7) is -0.304. The van der Waals surface area contributed by atoms with Crippen molar-refractivity contribution in [1.29, 1.82) is 0 Å². The van der Waals surface area contributed by atoms with Crippen molar-refractivity contribution < 1.29 is 22.8 Å². The number of hydrogen-bond donors (Lipinski definition) is 2. The summed E-state index contributed by atoms with van der Waals surface area (Å²) in [6.07, 6.45) is -1.94. The molecule has 1 aliphatic rings. The second-order valence-electron chi connectivity index (χ2n) is 5.09. The molecule has 0 aliphatic heterocycles. The topological polar surface area (TPSA) is 58.2 Å². The van der Waals surface area contributed by atoms with Gasteiger partial charge in [-0.3, -0.25) is 9.59 Å². The van der Waals surface area contributed by atoms with E-state index in [1.54, 1.807) is 0 Å². The maximum Gasteiger partial charge on any atom is 0.416 e. The van der Waals surface area contributed by atoms with Gasteiger partial charge in [0.25, 0.3) is 0 Å². The highest BCUT2D eigenvalue weighted by Gasteiger charge is 2.31. The summed E-state index contributed by atoms with van der Waals surface area (Å²) in [4.78, 5) is 23.3. The summed E-state index contributed by atoms with van der Waals surface area (Å²) >= 11 is 5.77. The minimum absolute atomic E-state index is 0.00771. The number of benzene rings is 1. The van der Waals surface area contributed by atoms with Crippen molar-refractivity contribution in [2.45, 2.75) is 25.4 Å². The van der Waals surface area contributed by atoms with Crippen LogP contribution in [0.5, 0.6) is 0 Å². The molecule has 1 saturated carbocycles. The summed E-state index contributed by atoms with van der Waals surface area (Å²) < 4.78 is 37.8. The van der Waals surface area contributed by atoms with E-state index in [0.717, 1.165) is 37.5 Å². The van der Waals surface area contributed by atoms with Crippen LogP contribution in [0, 0.1) is 5.92 Å². The lowest BCUT2D eigenvalue weighted by Gasteiger charge is -2.23. The highest BCUT2D eigenvalue weighted by molar-refractivity contribution is 6.33. The van der Waals surface area contributed by atoms with Crippen LogP contribution in [0.15, 0.2) is 18.2 Å². The molecule has 0 radical (unpaired) electrons. The van der Waals surface area contributed by atoms with Crippen molar-refractivity contribution in [2.75, 3.05) is 11.9 Å². The number of nitrogens with one attached hydrogen (secondary N) is 2. The predicted molar refractivity (Wildman–Crippen MR) is 75.4 cm³/mol. The molecule has 2 N–H and O–H groups in total. The monoisotopic (exact) mass is 334 g/mol. The number of alkyl halides is 3. The summed E-state index contributed by atoms with van der Waals surface area (Å²) in [6, 6.07) is 2.65. The first kappa shape index (κ1) is 16.6. The van der Waals surface area contributed by atoms with Crippen LogP contribution in [0.2, 0.25) is 5.02 Å². The van der Waals surface area contributed by atoms with Gasteiger partial charge < -0.3 is 10.6 Å². The van der Waals surface area contributed by atoms with E-state index in [4.69, 9.17) is 11.6 Å². The lowest BCUT2D eigenvalue weighted by molar-refractivity contribution is -0.137. The number of amides is 2. The van der Waals surface area contributed by atoms with E-state index in [9.17, 15) is 22.8 Å². The van der Waals surface area contributed by atoms with Gasteiger partial charge in [0.2, 0.25) is 11.8 Å². The largest absolute Gasteiger partial charge is 0.416 e. The summed E-state index contributed by atoms with van der Waals surface area (Å²) in [5, 5.41) is 4.71. The molecule has 1 fully saturated rings. The molecule has 0 unspecified atom stereocenters. The Bertz CT molecular complexity index is 586. The lowest BCUT2D eigenvalue weighted by atomic mass is 9.85. The Morgan fingerprint density at radius 3 is 2.50 bits per heavy atom. The highest BCUT2D eigenvalue weighted by Crippen LogP contribution is 2.33. The number of halogens is 4. The highest BCUT2D eigenvalue weighted by atomic mass is 35.5. The first-order valence-electron chi connectivity index (χ1n) is 6.71. The Kier molecular flexibility index (Phi) is 4.95. The van der Waals surface area contributed by atoms with Crippen molar-refractivity contribution in [1.82, 2.24) is 5.32 Å². The third-order valence-electron chi connectivity index (χ3n) is 3.47. The Hall–Kier alpha value is -1.76. The molecule has 4 nitrogen and oxygen atoms in total. The van der Waals surface area contributed by atoms with Crippen molar-refractivity contribution in [2.24, 2.45) is 5.92 Å². The zero-order chi connectivity index (χ0) is 16.3. The second kappa shape index (κ2) is 6.56. The van der Waals surface area contributed by atoms with Crippen molar-refractivity contribution in [3.63, 3.8) is 0 Å². The van der Waals surface area contributed by atoms with Gasteiger partial charge in [0.1, 0.15) is 0 Å². The van der Waals surface area contributed by atoms with Crippen molar-refractivity contribution in [3.05, 3.63) is 28.8 Å². The van der Waals surface area contributed by atoms with E-state index in [2.05, 4.69) is 10.6 Å². The van der Waals surface area contributed by atoms with Gasteiger partial charge >= 0.3 is 6.18 Å². The summed E-state index contributed by atoms with van der Waals surface area (Å²) in [5.41, 5.74) is -1.05. The molecule has 2 amide bonds. The number of anilines is 1. The van der Waals surface area contributed by atoms with Gasteiger partial charge in [0.05, 0.1) is 22.8 Å². The summed E-state index contributed by atoms with van der Waals surface area (Å²) in [5.74, 6) is -0.907. The number of hydrogen-bond acceptors (Lipinski definition) is 2. The molecule has 120 valence electrons. The molecule has 1 aliphatic carbocycles. The molecule has 2 rings (SSSR count). The Balaban J connectivity index is 1.94. The van der Waals surface area contributed by atoms with Gasteiger partial charge in [-0.1, -0.05) is 18.0 Å². The van der Waals surface area contributed by atoms with Gasteiger partial charge in [0.15, 0.2) is 0 Å². The van der Waals surface area contributed by atoms with Crippen molar-refractivity contribution >= 4 is 29.1 Å². The van der Waals surface area contributed by atoms with E-state index >= 15 is 0 Å². The van der Waals surface area contributed by atoms with Gasteiger partial charge in [-0.2, -0.15) is 13.2 Å². The third kappa shape index (κ3) is 4.13. The number of rotatable bonds is 4. The lowest BCUT2D eigenvalue weighted by Crippen LogP contribution is -2.39. The fourth-order valence-corrected chi connectivity index (χ4v) is 2.14. The third-order valence-corrected chi connectivity index (χ3v) is 3.80. The standard InChI is InChI=1S/C14H14ClF3N2O2/c15-10-5-4-9(14(16,17)18)6-11(10)20-12(21)7-19-13(22)8-2-1-3-8/h4-6,8H,1-3,7H2,(H,19,22)(H,20,21). The van der Waals surface area contributed by atoms with Crippen LogP contribution in [-0.2, 0) is 15.8 Å². The minimum Gasteiger partial charge on any atom is -0.347 e. The molecular formula is C14H14ClF3N2O2. The van der Waals surface area contributed by atoms with Gasteiger partial charge in [-0.15, -0.1) is 0 Å². The maximum atomic E-state index is 12.6. The Morgan fingerprint density at radius 2 is 1.95 bits per heavy atom. The smallest absolute Gasteiger partial charge is 0.347 e. The van der Waals surface area contributed by atoms with Crippen LogP contribution in [0.4, 0.5) is 18.9 Å². The minimum atomic E-state index is -4.53. The zero-order valence-corrected chi connectivity index (χ0v) is 12.2. The van der Waals surface area contributed by atoms with Crippen LogP contribution in [-0.4, -0.2) is 18.4 Å². The SMILES string of the molecule is O=C(CNC(=O)C1CCC1)Nc1cc(C(F)(F)F)ccc1Cl. The second-order valence-corrected chi connectivity index (χ2v) is 5.49. The molecule has 0 spiro atoms. The number of carbonyl (C=O) groups excluding carboxylic acids is 2. The van der Waals surface area contributed by atoms with Crippen LogP contribution < -0.4 is 10.6 Å². The molecule has 8 heteroatoms. The summed E-state index contributed by atoms with van der Waals surface area (Å²) in [7, 11) is 0. The molecule has 1 aromatic rings. The molecule has 0 heterocycles. The van der Waals surface area contributed by atoms with Crippen LogP contribution in [0.3, 0.4) is 0 Å². The molecule has 0 aromatic heterocycles. The molecular weight excluding hydrogens is 321 g/mol. The van der Waals surface area contributed by atoms with E-state index < -0.39 is 17.6 Å². The molecule has 0 bridgehead atoms. The van der Waals surface area contributed by atoms with Gasteiger partial charge in [-0.05, 0) is 31.0 Å². The predicted octanol–water partition coefficient (Wildman–Crippen LogP) is 3.21.